The summed E-state index contributed by atoms with van der Waals surface area (Å²) in [6, 6.07) is 10.4. The quantitative estimate of drug-likeness (QED) is 0.729. The third-order valence-electron chi connectivity index (χ3n) is 5.70. The summed E-state index contributed by atoms with van der Waals surface area (Å²) in [6.45, 7) is 4.15. The standard InChI is InChI=1S/C20H30N2O3S/c23-20(11-17-26(24,25)19-8-4-5-9-19)22-15-13-21(14-16-22)12-10-18-6-2-1-3-7-18/h1-3,6-7,19H,4-5,8-17H2. The number of hydrogen-bond acceptors (Lipinski definition) is 4. The maximum Gasteiger partial charge on any atom is 0.223 e. The third kappa shape index (κ3) is 5.30. The average molecular weight is 379 g/mol. The van der Waals surface area contributed by atoms with E-state index in [2.05, 4.69) is 29.2 Å². The fourth-order valence-electron chi connectivity index (χ4n) is 3.95. The number of amides is 1. The van der Waals surface area contributed by atoms with E-state index in [1.54, 1.807) is 0 Å². The van der Waals surface area contributed by atoms with E-state index in [0.29, 0.717) is 13.1 Å². The smallest absolute Gasteiger partial charge is 0.223 e. The van der Waals surface area contributed by atoms with Gasteiger partial charge in [-0.3, -0.25) is 9.69 Å². The molecule has 5 nitrogen and oxygen atoms in total. The van der Waals surface area contributed by atoms with Crippen LogP contribution in [0.1, 0.15) is 37.7 Å². The van der Waals surface area contributed by atoms with Gasteiger partial charge in [-0.15, -0.1) is 0 Å². The number of carbonyl (C=O) groups is 1. The van der Waals surface area contributed by atoms with Crippen LogP contribution in [0.2, 0.25) is 0 Å². The van der Waals surface area contributed by atoms with Crippen molar-refractivity contribution in [2.24, 2.45) is 0 Å². The minimum atomic E-state index is -3.10. The average Bonchev–Trinajstić information content (AvgIpc) is 3.22. The Kier molecular flexibility index (Phi) is 6.70. The van der Waals surface area contributed by atoms with Crippen molar-refractivity contribution in [3.8, 4) is 0 Å². The molecule has 1 aromatic carbocycles. The summed E-state index contributed by atoms with van der Waals surface area (Å²) in [6.07, 6.45) is 4.72. The summed E-state index contributed by atoms with van der Waals surface area (Å²) in [4.78, 5) is 16.6. The van der Waals surface area contributed by atoms with Gasteiger partial charge in [0.1, 0.15) is 0 Å². The monoisotopic (exact) mass is 378 g/mol. The predicted molar refractivity (Wildman–Crippen MR) is 104 cm³/mol. The number of benzene rings is 1. The molecule has 26 heavy (non-hydrogen) atoms. The van der Waals surface area contributed by atoms with Crippen LogP contribution in [0.4, 0.5) is 0 Å². The lowest BCUT2D eigenvalue weighted by molar-refractivity contribution is -0.132. The molecular formula is C20H30N2O3S. The van der Waals surface area contributed by atoms with Gasteiger partial charge in [0.05, 0.1) is 11.0 Å². The van der Waals surface area contributed by atoms with E-state index in [4.69, 9.17) is 0 Å². The van der Waals surface area contributed by atoms with Gasteiger partial charge in [-0.05, 0) is 24.8 Å². The van der Waals surface area contributed by atoms with Crippen molar-refractivity contribution in [3.05, 3.63) is 35.9 Å². The van der Waals surface area contributed by atoms with E-state index < -0.39 is 9.84 Å². The number of nitrogens with zero attached hydrogens (tertiary/aromatic N) is 2. The van der Waals surface area contributed by atoms with Gasteiger partial charge in [-0.2, -0.15) is 0 Å². The Bertz CT molecular complexity index is 676. The van der Waals surface area contributed by atoms with Crippen LogP contribution in [-0.4, -0.2) is 67.9 Å². The van der Waals surface area contributed by atoms with Crippen LogP contribution < -0.4 is 0 Å². The fourth-order valence-corrected chi connectivity index (χ4v) is 5.80. The van der Waals surface area contributed by atoms with E-state index in [0.717, 1.165) is 51.7 Å². The highest BCUT2D eigenvalue weighted by Crippen LogP contribution is 2.25. The summed E-state index contributed by atoms with van der Waals surface area (Å²) in [5.74, 6) is 0.0133. The largest absolute Gasteiger partial charge is 0.340 e. The van der Waals surface area contributed by atoms with Crippen molar-refractivity contribution in [1.82, 2.24) is 9.80 Å². The SMILES string of the molecule is O=C(CCS(=O)(=O)C1CCCC1)N1CCN(CCc2ccccc2)CC1. The summed E-state index contributed by atoms with van der Waals surface area (Å²) in [7, 11) is -3.10. The second-order valence-electron chi connectivity index (χ2n) is 7.48. The normalized spacial score (nSPS) is 19.8. The lowest BCUT2D eigenvalue weighted by Gasteiger charge is -2.34. The van der Waals surface area contributed by atoms with Crippen molar-refractivity contribution in [2.45, 2.75) is 43.8 Å². The van der Waals surface area contributed by atoms with E-state index >= 15 is 0 Å². The zero-order valence-electron chi connectivity index (χ0n) is 15.5. The molecule has 0 aromatic heterocycles. The van der Waals surface area contributed by atoms with Gasteiger partial charge in [0.15, 0.2) is 9.84 Å². The Morgan fingerprint density at radius 1 is 1.00 bits per heavy atom. The second-order valence-corrected chi connectivity index (χ2v) is 9.88. The molecule has 1 aliphatic carbocycles. The molecule has 6 heteroatoms. The van der Waals surface area contributed by atoms with Crippen LogP contribution in [0, 0.1) is 0 Å². The molecule has 144 valence electrons. The number of carbonyl (C=O) groups excluding carboxylic acids is 1. The van der Waals surface area contributed by atoms with Gasteiger partial charge in [-0.1, -0.05) is 43.2 Å². The molecule has 2 aliphatic rings. The van der Waals surface area contributed by atoms with Crippen molar-refractivity contribution < 1.29 is 13.2 Å². The minimum Gasteiger partial charge on any atom is -0.340 e. The third-order valence-corrected chi connectivity index (χ3v) is 7.96. The summed E-state index contributed by atoms with van der Waals surface area (Å²) in [5.41, 5.74) is 1.34. The van der Waals surface area contributed by atoms with E-state index in [1.807, 2.05) is 11.0 Å². The van der Waals surface area contributed by atoms with Gasteiger partial charge < -0.3 is 4.90 Å². The molecule has 2 fully saturated rings. The molecule has 1 amide bonds. The first-order valence-corrected chi connectivity index (χ1v) is 11.5. The summed E-state index contributed by atoms with van der Waals surface area (Å²) < 4.78 is 24.6. The molecule has 1 aromatic rings. The summed E-state index contributed by atoms with van der Waals surface area (Å²) >= 11 is 0. The molecule has 0 N–H and O–H groups in total. The van der Waals surface area contributed by atoms with Crippen molar-refractivity contribution >= 4 is 15.7 Å². The van der Waals surface area contributed by atoms with Crippen LogP contribution in [0.25, 0.3) is 0 Å². The second kappa shape index (κ2) is 9.00. The first-order chi connectivity index (χ1) is 12.5. The van der Waals surface area contributed by atoms with Crippen molar-refractivity contribution in [3.63, 3.8) is 0 Å². The first-order valence-electron chi connectivity index (χ1n) is 9.80. The molecule has 1 saturated carbocycles. The maximum absolute atomic E-state index is 12.4. The highest BCUT2D eigenvalue weighted by atomic mass is 32.2. The van der Waals surface area contributed by atoms with E-state index in [-0.39, 0.29) is 23.3 Å². The van der Waals surface area contributed by atoms with E-state index in [1.165, 1.54) is 5.56 Å². The Morgan fingerprint density at radius 2 is 1.65 bits per heavy atom. The van der Waals surface area contributed by atoms with E-state index in [9.17, 15) is 13.2 Å². The molecule has 0 radical (unpaired) electrons. The number of hydrogen-bond donors (Lipinski definition) is 0. The van der Waals surface area contributed by atoms with Crippen LogP contribution in [0.3, 0.4) is 0 Å². The zero-order valence-corrected chi connectivity index (χ0v) is 16.3. The molecule has 1 heterocycles. The lowest BCUT2D eigenvalue weighted by Crippen LogP contribution is -2.49. The highest BCUT2D eigenvalue weighted by molar-refractivity contribution is 7.92. The van der Waals surface area contributed by atoms with Crippen molar-refractivity contribution in [1.29, 1.82) is 0 Å². The molecule has 0 unspecified atom stereocenters. The van der Waals surface area contributed by atoms with Gasteiger partial charge in [0.25, 0.3) is 0 Å². The fraction of sp³-hybridized carbons (Fsp3) is 0.650. The topological polar surface area (TPSA) is 57.7 Å². The van der Waals surface area contributed by atoms with Gasteiger partial charge in [0.2, 0.25) is 5.91 Å². The van der Waals surface area contributed by atoms with Gasteiger partial charge in [-0.25, -0.2) is 8.42 Å². The van der Waals surface area contributed by atoms with Crippen molar-refractivity contribution in [2.75, 3.05) is 38.5 Å². The molecule has 3 rings (SSSR count). The van der Waals surface area contributed by atoms with Gasteiger partial charge >= 0.3 is 0 Å². The first kappa shape index (κ1) is 19.4. The van der Waals surface area contributed by atoms with Crippen LogP contribution in [-0.2, 0) is 21.1 Å². The Hall–Kier alpha value is -1.40. The summed E-state index contributed by atoms with van der Waals surface area (Å²) in [5, 5.41) is -0.204. The molecule has 0 bridgehead atoms. The molecular weight excluding hydrogens is 348 g/mol. The zero-order chi connectivity index (χ0) is 18.4. The Balaban J connectivity index is 1.38. The lowest BCUT2D eigenvalue weighted by atomic mass is 10.1. The molecule has 1 aliphatic heterocycles. The Labute approximate surface area is 157 Å². The maximum atomic E-state index is 12.4. The minimum absolute atomic E-state index is 0.00530. The van der Waals surface area contributed by atoms with Crippen LogP contribution >= 0.6 is 0 Å². The number of piperazine rings is 1. The highest BCUT2D eigenvalue weighted by Gasteiger charge is 2.30. The van der Waals surface area contributed by atoms with Crippen LogP contribution in [0.15, 0.2) is 30.3 Å². The number of sulfone groups is 1. The van der Waals surface area contributed by atoms with Gasteiger partial charge in [0, 0.05) is 39.1 Å². The van der Waals surface area contributed by atoms with Crippen LogP contribution in [0.5, 0.6) is 0 Å². The number of rotatable bonds is 7. The Morgan fingerprint density at radius 3 is 2.31 bits per heavy atom. The molecule has 0 spiro atoms. The predicted octanol–water partition coefficient (Wildman–Crippen LogP) is 2.12. The molecule has 1 saturated heterocycles. The molecule has 0 atom stereocenters.